The molecular formula is C17H25FN2O2. The molecule has 0 spiro atoms. The molecule has 1 aromatic rings. The fraction of sp³-hybridized carbons (Fsp3) is 0.588. The quantitative estimate of drug-likeness (QED) is 0.876. The van der Waals surface area contributed by atoms with E-state index in [9.17, 15) is 14.3 Å². The van der Waals surface area contributed by atoms with Gasteiger partial charge in [0.25, 0.3) is 0 Å². The van der Waals surface area contributed by atoms with E-state index >= 15 is 0 Å². The molecule has 1 fully saturated rings. The summed E-state index contributed by atoms with van der Waals surface area (Å²) in [4.78, 5) is 14.2. The van der Waals surface area contributed by atoms with E-state index in [0.29, 0.717) is 13.1 Å². The first kappa shape index (κ1) is 16.9. The zero-order chi connectivity index (χ0) is 16.1. The fourth-order valence-corrected chi connectivity index (χ4v) is 2.90. The van der Waals surface area contributed by atoms with E-state index in [2.05, 4.69) is 5.32 Å². The Labute approximate surface area is 131 Å². The van der Waals surface area contributed by atoms with Gasteiger partial charge in [0.15, 0.2) is 0 Å². The summed E-state index contributed by atoms with van der Waals surface area (Å²) < 4.78 is 13.0. The Morgan fingerprint density at radius 3 is 2.68 bits per heavy atom. The number of aliphatic hydroxyl groups is 1. The van der Waals surface area contributed by atoms with Crippen LogP contribution in [-0.4, -0.2) is 41.7 Å². The maximum Gasteiger partial charge on any atom is 0.234 e. The van der Waals surface area contributed by atoms with Gasteiger partial charge in [0.05, 0.1) is 18.7 Å². The van der Waals surface area contributed by atoms with Crippen LogP contribution in [0.5, 0.6) is 0 Å². The number of carbonyl (C=O) groups is 1. The fourth-order valence-electron chi connectivity index (χ4n) is 2.90. The monoisotopic (exact) mass is 308 g/mol. The van der Waals surface area contributed by atoms with E-state index in [1.54, 1.807) is 12.1 Å². The molecule has 2 atom stereocenters. The molecule has 4 nitrogen and oxygen atoms in total. The molecule has 5 heteroatoms. The molecule has 2 N–H and O–H groups in total. The molecule has 1 saturated heterocycles. The minimum Gasteiger partial charge on any atom is -0.392 e. The van der Waals surface area contributed by atoms with Crippen molar-refractivity contribution in [3.63, 3.8) is 0 Å². The average Bonchev–Trinajstić information content (AvgIpc) is 2.45. The maximum atomic E-state index is 13.0. The number of hydrogen-bond acceptors (Lipinski definition) is 3. The highest BCUT2D eigenvalue weighted by atomic mass is 19.1. The van der Waals surface area contributed by atoms with Crippen molar-refractivity contribution in [2.45, 2.75) is 38.8 Å². The predicted octanol–water partition coefficient (Wildman–Crippen LogP) is 2.10. The normalized spacial score (nSPS) is 20.9. The van der Waals surface area contributed by atoms with Crippen molar-refractivity contribution in [1.82, 2.24) is 10.2 Å². The third-order valence-electron chi connectivity index (χ3n) is 4.06. The molecule has 0 radical (unpaired) electrons. The Morgan fingerprint density at radius 2 is 2.09 bits per heavy atom. The van der Waals surface area contributed by atoms with Gasteiger partial charge in [-0.15, -0.1) is 0 Å². The van der Waals surface area contributed by atoms with Crippen LogP contribution in [0.2, 0.25) is 0 Å². The van der Waals surface area contributed by atoms with Gasteiger partial charge in [-0.05, 0) is 43.0 Å². The second kappa shape index (κ2) is 7.70. The minimum atomic E-state index is -0.334. The van der Waals surface area contributed by atoms with Crippen LogP contribution in [0.3, 0.4) is 0 Å². The number of amides is 1. The molecule has 122 valence electrons. The number of hydrogen-bond donors (Lipinski definition) is 2. The van der Waals surface area contributed by atoms with Crippen molar-refractivity contribution in [3.05, 3.63) is 35.6 Å². The lowest BCUT2D eigenvalue weighted by atomic mass is 9.96. The first-order chi connectivity index (χ1) is 10.5. The van der Waals surface area contributed by atoms with Crippen molar-refractivity contribution in [3.8, 4) is 0 Å². The van der Waals surface area contributed by atoms with E-state index in [0.717, 1.165) is 24.9 Å². The van der Waals surface area contributed by atoms with Crippen molar-refractivity contribution >= 4 is 5.91 Å². The van der Waals surface area contributed by atoms with Crippen LogP contribution in [0.25, 0.3) is 0 Å². The summed E-state index contributed by atoms with van der Waals surface area (Å²) in [5.74, 6) is -0.127. The summed E-state index contributed by atoms with van der Waals surface area (Å²) in [6.45, 7) is 5.74. The summed E-state index contributed by atoms with van der Waals surface area (Å²) in [6, 6.07) is 6.12. The third-order valence-corrected chi connectivity index (χ3v) is 4.06. The first-order valence-corrected chi connectivity index (χ1v) is 7.91. The van der Waals surface area contributed by atoms with Crippen LogP contribution in [0.15, 0.2) is 24.3 Å². The predicted molar refractivity (Wildman–Crippen MR) is 83.8 cm³/mol. The lowest BCUT2D eigenvalue weighted by Crippen LogP contribution is -2.45. The van der Waals surface area contributed by atoms with Gasteiger partial charge in [0, 0.05) is 6.54 Å². The van der Waals surface area contributed by atoms with Crippen molar-refractivity contribution < 1.29 is 14.3 Å². The second-order valence-electron chi connectivity index (χ2n) is 6.37. The van der Waals surface area contributed by atoms with Gasteiger partial charge >= 0.3 is 0 Å². The summed E-state index contributed by atoms with van der Waals surface area (Å²) in [6.07, 6.45) is 1.39. The molecular weight excluding hydrogens is 283 g/mol. The molecule has 1 aromatic carbocycles. The van der Waals surface area contributed by atoms with Crippen molar-refractivity contribution in [2.24, 2.45) is 5.92 Å². The van der Waals surface area contributed by atoms with Gasteiger partial charge < -0.3 is 10.4 Å². The zero-order valence-corrected chi connectivity index (χ0v) is 13.3. The lowest BCUT2D eigenvalue weighted by Gasteiger charge is -2.30. The third kappa shape index (κ3) is 4.78. The van der Waals surface area contributed by atoms with E-state index in [4.69, 9.17) is 0 Å². The molecule has 0 aliphatic carbocycles. The number of piperidine rings is 1. The Morgan fingerprint density at radius 1 is 1.41 bits per heavy atom. The van der Waals surface area contributed by atoms with Gasteiger partial charge in [-0.2, -0.15) is 0 Å². The molecule has 0 bridgehead atoms. The van der Waals surface area contributed by atoms with Crippen LogP contribution in [0.1, 0.15) is 38.3 Å². The van der Waals surface area contributed by atoms with Crippen LogP contribution in [0.4, 0.5) is 4.39 Å². The largest absolute Gasteiger partial charge is 0.392 e. The smallest absolute Gasteiger partial charge is 0.234 e. The zero-order valence-electron chi connectivity index (χ0n) is 13.3. The molecule has 1 heterocycles. The highest BCUT2D eigenvalue weighted by Crippen LogP contribution is 2.22. The van der Waals surface area contributed by atoms with E-state index in [1.807, 2.05) is 18.7 Å². The molecule has 1 amide bonds. The summed E-state index contributed by atoms with van der Waals surface area (Å²) >= 11 is 0. The minimum absolute atomic E-state index is 0.0582. The molecule has 1 aliphatic rings. The van der Waals surface area contributed by atoms with E-state index in [-0.39, 0.29) is 29.8 Å². The van der Waals surface area contributed by atoms with E-state index < -0.39 is 0 Å². The number of carbonyl (C=O) groups excluding carboxylic acids is 1. The molecule has 2 unspecified atom stereocenters. The number of halogens is 1. The summed E-state index contributed by atoms with van der Waals surface area (Å²) in [7, 11) is 0. The van der Waals surface area contributed by atoms with Crippen LogP contribution >= 0.6 is 0 Å². The van der Waals surface area contributed by atoms with Gasteiger partial charge in [-0.25, -0.2) is 4.39 Å². The second-order valence-corrected chi connectivity index (χ2v) is 6.37. The van der Waals surface area contributed by atoms with Gasteiger partial charge in [0.1, 0.15) is 5.82 Å². The SMILES string of the molecule is CC(C)C(NC(=O)CN1CCCC(O)C1)c1ccc(F)cc1. The van der Waals surface area contributed by atoms with Crippen molar-refractivity contribution in [2.75, 3.05) is 19.6 Å². The van der Waals surface area contributed by atoms with Crippen LogP contribution in [0, 0.1) is 11.7 Å². The van der Waals surface area contributed by atoms with Gasteiger partial charge in [0.2, 0.25) is 5.91 Å². The Bertz CT molecular complexity index is 490. The van der Waals surface area contributed by atoms with Crippen LogP contribution in [-0.2, 0) is 4.79 Å². The highest BCUT2D eigenvalue weighted by molar-refractivity contribution is 5.78. The molecule has 22 heavy (non-hydrogen) atoms. The van der Waals surface area contributed by atoms with E-state index in [1.165, 1.54) is 12.1 Å². The number of aliphatic hydroxyl groups excluding tert-OH is 1. The number of β-amino-alcohol motifs (C(OH)–C–C–N with tert-alkyl or cyclic N) is 1. The average molecular weight is 308 g/mol. The van der Waals surface area contributed by atoms with Crippen molar-refractivity contribution in [1.29, 1.82) is 0 Å². The number of rotatable bonds is 5. The Balaban J connectivity index is 1.95. The Hall–Kier alpha value is -1.46. The standard InChI is InChI=1S/C17H25FN2O2/c1-12(2)17(13-5-7-14(18)8-6-13)19-16(22)11-20-9-3-4-15(21)10-20/h5-8,12,15,17,21H,3-4,9-11H2,1-2H3,(H,19,22). The highest BCUT2D eigenvalue weighted by Gasteiger charge is 2.22. The number of nitrogens with zero attached hydrogens (tertiary/aromatic N) is 1. The summed E-state index contributed by atoms with van der Waals surface area (Å²) in [5.41, 5.74) is 0.906. The molecule has 0 saturated carbocycles. The van der Waals surface area contributed by atoms with Gasteiger partial charge in [-0.3, -0.25) is 9.69 Å². The number of nitrogens with one attached hydrogen (secondary N) is 1. The number of likely N-dealkylation sites (tertiary alicyclic amines) is 1. The summed E-state index contributed by atoms with van der Waals surface area (Å²) in [5, 5.41) is 12.7. The lowest BCUT2D eigenvalue weighted by molar-refractivity contribution is -0.124. The topological polar surface area (TPSA) is 52.6 Å². The number of benzene rings is 1. The molecule has 0 aromatic heterocycles. The molecule has 2 rings (SSSR count). The Kier molecular flexibility index (Phi) is 5.91. The first-order valence-electron chi connectivity index (χ1n) is 7.91. The molecule has 1 aliphatic heterocycles. The maximum absolute atomic E-state index is 13.0. The van der Waals surface area contributed by atoms with Crippen LogP contribution < -0.4 is 5.32 Å². The van der Waals surface area contributed by atoms with Gasteiger partial charge in [-0.1, -0.05) is 26.0 Å².